The number of para-hydroxylation sites is 1. The molecule has 6 nitrogen and oxygen atoms in total. The minimum absolute atomic E-state index is 0.0611. The number of carbonyl (C=O) groups excluding carboxylic acids is 1. The molecule has 2 heterocycles. The Labute approximate surface area is 139 Å². The Morgan fingerprint density at radius 1 is 1.12 bits per heavy atom. The predicted octanol–water partition coefficient (Wildman–Crippen LogP) is 2.75. The lowest BCUT2D eigenvalue weighted by Gasteiger charge is -2.16. The molecule has 24 heavy (non-hydrogen) atoms. The first-order valence-corrected chi connectivity index (χ1v) is 7.87. The van der Waals surface area contributed by atoms with Crippen LogP contribution in [-0.2, 0) is 0 Å². The van der Waals surface area contributed by atoms with Crippen LogP contribution >= 0.6 is 0 Å². The number of hydrogen-bond donors (Lipinski definition) is 1. The van der Waals surface area contributed by atoms with E-state index < -0.39 is 0 Å². The molecule has 1 atom stereocenters. The lowest BCUT2D eigenvalue weighted by Crippen LogP contribution is -2.27. The molecule has 0 radical (unpaired) electrons. The van der Waals surface area contributed by atoms with Crippen LogP contribution in [0.4, 0.5) is 0 Å². The maximum absolute atomic E-state index is 12.7. The van der Waals surface area contributed by atoms with Crippen molar-refractivity contribution in [3.8, 4) is 11.5 Å². The molecule has 1 N–H and O–H groups in total. The van der Waals surface area contributed by atoms with Crippen LogP contribution in [0.2, 0.25) is 0 Å². The minimum atomic E-state index is -0.201. The molecule has 0 bridgehead atoms. The second kappa shape index (κ2) is 6.23. The van der Waals surface area contributed by atoms with Crippen LogP contribution in [0.25, 0.3) is 0 Å². The predicted molar refractivity (Wildman–Crippen MR) is 89.1 cm³/mol. The highest BCUT2D eigenvalue weighted by Gasteiger charge is 2.33. The van der Waals surface area contributed by atoms with Crippen LogP contribution in [0.3, 0.4) is 0 Å². The summed E-state index contributed by atoms with van der Waals surface area (Å²) in [5.74, 6) is 1.17. The molecule has 1 aromatic carbocycles. The van der Waals surface area contributed by atoms with Crippen molar-refractivity contribution in [3.05, 3.63) is 59.8 Å². The number of allylic oxidation sites excluding steroid dienone is 2. The number of hydrogen-bond acceptors (Lipinski definition) is 6. The van der Waals surface area contributed by atoms with Gasteiger partial charge in [-0.15, -0.1) is 0 Å². The highest BCUT2D eigenvalue weighted by Crippen LogP contribution is 2.32. The number of benzene rings is 1. The quantitative estimate of drug-likeness (QED) is 0.877. The van der Waals surface area contributed by atoms with E-state index in [0.29, 0.717) is 18.2 Å². The fourth-order valence-corrected chi connectivity index (χ4v) is 3.00. The van der Waals surface area contributed by atoms with E-state index >= 15 is 0 Å². The summed E-state index contributed by atoms with van der Waals surface area (Å²) in [4.78, 5) is 25.2. The largest absolute Gasteiger partial charge is 0.454 e. The number of rotatable bonds is 4. The summed E-state index contributed by atoms with van der Waals surface area (Å²) >= 11 is 0. The molecule has 120 valence electrons. The van der Waals surface area contributed by atoms with Gasteiger partial charge in [0.15, 0.2) is 11.6 Å². The van der Waals surface area contributed by atoms with Gasteiger partial charge in [-0.25, -0.2) is 9.97 Å². The summed E-state index contributed by atoms with van der Waals surface area (Å²) in [6.07, 6.45) is 6.56. The molecule has 1 aromatic heterocycles. The standard InChI is InChI=1S/C18H16N4O2/c23-17(15-7-6-12-8-19-11-22-16(12)15)18-20-9-14(10-21-18)24-13-4-2-1-3-5-13/h1-5,8-10,15,22H,6-7,11H2. The van der Waals surface area contributed by atoms with Crippen molar-refractivity contribution >= 4 is 12.0 Å². The van der Waals surface area contributed by atoms with E-state index in [1.54, 1.807) is 0 Å². The number of aromatic nitrogens is 2. The van der Waals surface area contributed by atoms with Gasteiger partial charge in [0, 0.05) is 11.9 Å². The molecule has 1 aliphatic heterocycles. The topological polar surface area (TPSA) is 76.5 Å². The first kappa shape index (κ1) is 14.6. The van der Waals surface area contributed by atoms with Crippen LogP contribution in [-0.4, -0.2) is 28.6 Å². The van der Waals surface area contributed by atoms with E-state index in [1.807, 2.05) is 36.5 Å². The molecule has 0 fully saturated rings. The Kier molecular flexibility index (Phi) is 3.78. The molecule has 1 aliphatic carbocycles. The first-order chi connectivity index (χ1) is 11.8. The van der Waals surface area contributed by atoms with Crippen molar-refractivity contribution < 1.29 is 9.53 Å². The average Bonchev–Trinajstić information content (AvgIpc) is 3.07. The molecule has 2 aliphatic rings. The summed E-state index contributed by atoms with van der Waals surface area (Å²) < 4.78 is 5.65. The van der Waals surface area contributed by atoms with Gasteiger partial charge in [-0.1, -0.05) is 18.2 Å². The van der Waals surface area contributed by atoms with Crippen LogP contribution in [0.1, 0.15) is 23.5 Å². The van der Waals surface area contributed by atoms with E-state index in [1.165, 1.54) is 12.4 Å². The monoisotopic (exact) mass is 320 g/mol. The highest BCUT2D eigenvalue weighted by atomic mass is 16.5. The molecule has 0 spiro atoms. The van der Waals surface area contributed by atoms with E-state index in [2.05, 4.69) is 20.3 Å². The number of Topliss-reactive ketones (excluding diaryl/α,β-unsaturated/α-hetero) is 1. The lowest BCUT2D eigenvalue weighted by molar-refractivity contribution is 0.0925. The lowest BCUT2D eigenvalue weighted by atomic mass is 10.00. The smallest absolute Gasteiger partial charge is 0.208 e. The number of carbonyl (C=O) groups is 1. The summed E-state index contributed by atoms with van der Waals surface area (Å²) in [7, 11) is 0. The second-order valence-electron chi connectivity index (χ2n) is 5.70. The number of nitrogens with one attached hydrogen (secondary N) is 1. The van der Waals surface area contributed by atoms with Crippen molar-refractivity contribution in [1.29, 1.82) is 0 Å². The number of aliphatic imine (C=N–C) groups is 1. The van der Waals surface area contributed by atoms with Gasteiger partial charge in [0.2, 0.25) is 5.78 Å². The van der Waals surface area contributed by atoms with Crippen molar-refractivity contribution in [2.75, 3.05) is 6.67 Å². The average molecular weight is 320 g/mol. The zero-order valence-electron chi connectivity index (χ0n) is 13.0. The second-order valence-corrected chi connectivity index (χ2v) is 5.70. The molecule has 0 amide bonds. The Morgan fingerprint density at radius 3 is 2.71 bits per heavy atom. The van der Waals surface area contributed by atoms with Crippen LogP contribution < -0.4 is 10.1 Å². The minimum Gasteiger partial charge on any atom is -0.454 e. The van der Waals surface area contributed by atoms with Gasteiger partial charge in [0.25, 0.3) is 0 Å². The third-order valence-corrected chi connectivity index (χ3v) is 4.15. The van der Waals surface area contributed by atoms with Crippen LogP contribution in [0.5, 0.6) is 11.5 Å². The molecule has 0 saturated heterocycles. The normalized spacial score (nSPS) is 18.9. The van der Waals surface area contributed by atoms with Crippen molar-refractivity contribution in [3.63, 3.8) is 0 Å². The molecule has 2 aromatic rings. The molecule has 0 saturated carbocycles. The molecular formula is C18H16N4O2. The summed E-state index contributed by atoms with van der Waals surface area (Å²) in [5.41, 5.74) is 2.09. The Hall–Kier alpha value is -3.02. The number of ketones is 1. The van der Waals surface area contributed by atoms with Gasteiger partial charge in [0.1, 0.15) is 12.4 Å². The third-order valence-electron chi connectivity index (χ3n) is 4.15. The number of ether oxygens (including phenoxy) is 1. The Balaban J connectivity index is 1.50. The van der Waals surface area contributed by atoms with Gasteiger partial charge in [-0.05, 0) is 30.5 Å². The third kappa shape index (κ3) is 2.78. The van der Waals surface area contributed by atoms with Crippen LogP contribution in [0, 0.1) is 5.92 Å². The molecule has 6 heteroatoms. The summed E-state index contributed by atoms with van der Waals surface area (Å²) in [5, 5.41) is 3.21. The SMILES string of the molecule is O=C(c1ncc(Oc2ccccc2)cn1)C1CCC2=C1NCN=C2. The Bertz CT molecular complexity index is 813. The van der Waals surface area contributed by atoms with Crippen molar-refractivity contribution in [2.45, 2.75) is 12.8 Å². The van der Waals surface area contributed by atoms with Crippen molar-refractivity contribution in [1.82, 2.24) is 15.3 Å². The van der Waals surface area contributed by atoms with E-state index in [4.69, 9.17) is 4.74 Å². The van der Waals surface area contributed by atoms with E-state index in [0.717, 1.165) is 24.1 Å². The fourth-order valence-electron chi connectivity index (χ4n) is 3.00. The van der Waals surface area contributed by atoms with Gasteiger partial charge in [-0.3, -0.25) is 9.79 Å². The van der Waals surface area contributed by atoms with E-state index in [-0.39, 0.29) is 17.5 Å². The van der Waals surface area contributed by atoms with Gasteiger partial charge in [0.05, 0.1) is 18.3 Å². The summed E-state index contributed by atoms with van der Waals surface area (Å²) in [6.45, 7) is 0.521. The maximum atomic E-state index is 12.7. The van der Waals surface area contributed by atoms with Crippen molar-refractivity contribution in [2.24, 2.45) is 10.9 Å². The molecular weight excluding hydrogens is 304 g/mol. The van der Waals surface area contributed by atoms with Gasteiger partial charge in [-0.2, -0.15) is 0 Å². The molecule has 1 unspecified atom stereocenters. The molecule has 4 rings (SSSR count). The Morgan fingerprint density at radius 2 is 1.92 bits per heavy atom. The summed E-state index contributed by atoms with van der Waals surface area (Å²) in [6, 6.07) is 9.39. The van der Waals surface area contributed by atoms with Gasteiger partial charge >= 0.3 is 0 Å². The first-order valence-electron chi connectivity index (χ1n) is 7.87. The zero-order valence-corrected chi connectivity index (χ0v) is 13.0. The van der Waals surface area contributed by atoms with Gasteiger partial charge < -0.3 is 10.1 Å². The highest BCUT2D eigenvalue weighted by molar-refractivity contribution is 5.98. The van der Waals surface area contributed by atoms with Crippen LogP contribution in [0.15, 0.2) is 59.0 Å². The van der Waals surface area contributed by atoms with E-state index in [9.17, 15) is 4.79 Å². The zero-order chi connectivity index (χ0) is 16.4. The fraction of sp³-hybridized carbons (Fsp3) is 0.222. The maximum Gasteiger partial charge on any atom is 0.208 e. The number of nitrogens with zero attached hydrogens (tertiary/aromatic N) is 3.